The Bertz CT molecular complexity index is 442. The van der Waals surface area contributed by atoms with Gasteiger partial charge in [0.05, 0.1) is 10.7 Å². The number of thiophene rings is 1. The van der Waals surface area contributed by atoms with Gasteiger partial charge in [-0.05, 0) is 6.07 Å². The zero-order valence-corrected chi connectivity index (χ0v) is 11.0. The fraction of sp³-hybridized carbons (Fsp3) is 0.500. The van der Waals surface area contributed by atoms with E-state index in [-0.39, 0.29) is 16.5 Å². The van der Waals surface area contributed by atoms with Crippen LogP contribution in [0.25, 0.3) is 0 Å². The van der Waals surface area contributed by atoms with Crippen LogP contribution in [0.5, 0.6) is 0 Å². The van der Waals surface area contributed by atoms with E-state index in [2.05, 4.69) is 0 Å². The number of halogens is 3. The molecule has 0 aliphatic carbocycles. The van der Waals surface area contributed by atoms with Gasteiger partial charge in [0.25, 0.3) is 5.91 Å². The lowest BCUT2D eigenvalue weighted by atomic mass is 10.3. The van der Waals surface area contributed by atoms with Crippen molar-refractivity contribution in [2.45, 2.75) is 6.18 Å². The van der Waals surface area contributed by atoms with E-state index >= 15 is 0 Å². The zero-order valence-electron chi connectivity index (χ0n) is 10.2. The van der Waals surface area contributed by atoms with E-state index in [4.69, 9.17) is 5.73 Å². The Morgan fingerprint density at radius 2 is 1.94 bits per heavy atom. The maximum Gasteiger partial charge on any atom is 0.405 e. The number of anilines is 2. The first-order valence-corrected chi connectivity index (χ1v) is 5.82. The highest BCUT2D eigenvalue weighted by molar-refractivity contribution is 7.18. The van der Waals surface area contributed by atoms with Crippen LogP contribution >= 0.6 is 11.3 Å². The summed E-state index contributed by atoms with van der Waals surface area (Å²) in [5.74, 6) is -0.316. The number of amides is 1. The van der Waals surface area contributed by atoms with Crippen molar-refractivity contribution in [3.05, 3.63) is 10.9 Å². The monoisotopic (exact) mass is 281 g/mol. The van der Waals surface area contributed by atoms with Gasteiger partial charge in [-0.2, -0.15) is 13.2 Å². The van der Waals surface area contributed by atoms with E-state index in [1.54, 1.807) is 14.1 Å². The quantitative estimate of drug-likeness (QED) is 0.922. The average molecular weight is 281 g/mol. The normalized spacial score (nSPS) is 11.4. The summed E-state index contributed by atoms with van der Waals surface area (Å²) >= 11 is 0.954. The van der Waals surface area contributed by atoms with Crippen molar-refractivity contribution < 1.29 is 18.0 Å². The lowest BCUT2D eigenvalue weighted by molar-refractivity contribution is -0.119. The molecule has 0 saturated carbocycles. The van der Waals surface area contributed by atoms with Crippen molar-refractivity contribution in [1.82, 2.24) is 4.90 Å². The predicted molar refractivity (Wildman–Crippen MR) is 66.1 cm³/mol. The number of nitrogen functional groups attached to an aromatic ring is 1. The summed E-state index contributed by atoms with van der Waals surface area (Å²) < 4.78 is 36.7. The number of nitrogens with two attached hydrogens (primary N) is 1. The van der Waals surface area contributed by atoms with E-state index in [1.807, 2.05) is 0 Å². The van der Waals surface area contributed by atoms with Crippen LogP contribution in [0.2, 0.25) is 0 Å². The maximum absolute atomic E-state index is 12.2. The van der Waals surface area contributed by atoms with Crippen LogP contribution in [0.3, 0.4) is 0 Å². The Kier molecular flexibility index (Phi) is 4.10. The highest BCUT2D eigenvalue weighted by Crippen LogP contribution is 2.33. The van der Waals surface area contributed by atoms with Crippen molar-refractivity contribution in [2.24, 2.45) is 0 Å². The van der Waals surface area contributed by atoms with E-state index < -0.39 is 12.7 Å². The molecule has 18 heavy (non-hydrogen) atoms. The van der Waals surface area contributed by atoms with Crippen molar-refractivity contribution >= 4 is 27.9 Å². The Balaban J connectivity index is 2.94. The molecule has 2 N–H and O–H groups in total. The fourth-order valence-corrected chi connectivity index (χ4v) is 2.36. The van der Waals surface area contributed by atoms with Gasteiger partial charge in [0.15, 0.2) is 0 Å². The van der Waals surface area contributed by atoms with Crippen LogP contribution in [-0.2, 0) is 0 Å². The summed E-state index contributed by atoms with van der Waals surface area (Å²) in [6.07, 6.45) is -4.29. The summed E-state index contributed by atoms with van der Waals surface area (Å²) in [5, 5.41) is 0.315. The van der Waals surface area contributed by atoms with Gasteiger partial charge < -0.3 is 15.5 Å². The first-order valence-electron chi connectivity index (χ1n) is 5.00. The molecule has 0 atom stereocenters. The number of carbonyl (C=O) groups is 1. The Labute approximate surface area is 107 Å². The minimum atomic E-state index is -4.29. The topological polar surface area (TPSA) is 49.6 Å². The third kappa shape index (κ3) is 3.52. The van der Waals surface area contributed by atoms with Gasteiger partial charge in [-0.25, -0.2) is 0 Å². The molecule has 0 fully saturated rings. The molecule has 0 saturated heterocycles. The number of rotatable bonds is 3. The fourth-order valence-electron chi connectivity index (χ4n) is 1.30. The molecule has 0 radical (unpaired) electrons. The Morgan fingerprint density at radius 1 is 1.39 bits per heavy atom. The highest BCUT2D eigenvalue weighted by atomic mass is 32.1. The molecular weight excluding hydrogens is 267 g/mol. The van der Waals surface area contributed by atoms with Gasteiger partial charge in [-0.1, -0.05) is 0 Å². The molecule has 1 aromatic rings. The van der Waals surface area contributed by atoms with E-state index in [0.717, 1.165) is 16.2 Å². The molecule has 0 spiro atoms. The van der Waals surface area contributed by atoms with Crippen LogP contribution in [0.4, 0.5) is 23.9 Å². The summed E-state index contributed by atoms with van der Waals surface area (Å²) in [5.41, 5.74) is 5.83. The number of nitrogens with zero attached hydrogens (tertiary/aromatic N) is 2. The number of alkyl halides is 3. The first kappa shape index (κ1) is 14.6. The molecule has 0 bridgehead atoms. The third-order valence-electron chi connectivity index (χ3n) is 2.14. The predicted octanol–water partition coefficient (Wildman–Crippen LogP) is 2.03. The summed E-state index contributed by atoms with van der Waals surface area (Å²) in [4.78, 5) is 14.3. The lowest BCUT2D eigenvalue weighted by Gasteiger charge is -2.18. The average Bonchev–Trinajstić information content (AvgIpc) is 2.56. The molecule has 0 unspecified atom stereocenters. The Morgan fingerprint density at radius 3 is 2.39 bits per heavy atom. The van der Waals surface area contributed by atoms with E-state index in [1.165, 1.54) is 18.0 Å². The van der Waals surface area contributed by atoms with Crippen LogP contribution < -0.4 is 10.6 Å². The third-order valence-corrected chi connectivity index (χ3v) is 3.39. The van der Waals surface area contributed by atoms with Crippen LogP contribution in [-0.4, -0.2) is 44.7 Å². The van der Waals surface area contributed by atoms with E-state index in [9.17, 15) is 18.0 Å². The number of hydrogen-bond acceptors (Lipinski definition) is 4. The van der Waals surface area contributed by atoms with Gasteiger partial charge in [0.2, 0.25) is 0 Å². The van der Waals surface area contributed by atoms with Crippen molar-refractivity contribution in [3.63, 3.8) is 0 Å². The van der Waals surface area contributed by atoms with Gasteiger partial charge in [-0.15, -0.1) is 11.3 Å². The number of carbonyl (C=O) groups excluding carboxylic acids is 1. The van der Waals surface area contributed by atoms with Gasteiger partial charge in [-0.3, -0.25) is 4.79 Å². The molecule has 1 aromatic heterocycles. The molecular formula is C10H14F3N3OS. The SMILES string of the molecule is CN(C)C(=O)c1sc(N(C)CC(F)(F)F)cc1N. The molecule has 0 aromatic carbocycles. The van der Waals surface area contributed by atoms with Gasteiger partial charge in [0.1, 0.15) is 11.4 Å². The van der Waals surface area contributed by atoms with Crippen molar-refractivity contribution in [1.29, 1.82) is 0 Å². The second kappa shape index (κ2) is 5.05. The molecule has 1 heterocycles. The second-order valence-corrected chi connectivity index (χ2v) is 5.07. The minimum absolute atomic E-state index is 0.197. The molecule has 4 nitrogen and oxygen atoms in total. The summed E-state index contributed by atoms with van der Waals surface area (Å²) in [6.45, 7) is -1.08. The maximum atomic E-state index is 12.2. The van der Waals surface area contributed by atoms with Crippen LogP contribution in [0.15, 0.2) is 6.07 Å². The van der Waals surface area contributed by atoms with Crippen molar-refractivity contribution in [2.75, 3.05) is 38.3 Å². The van der Waals surface area contributed by atoms with E-state index in [0.29, 0.717) is 5.00 Å². The smallest absolute Gasteiger partial charge is 0.397 e. The molecule has 1 rings (SSSR count). The first-order chi connectivity index (χ1) is 8.11. The van der Waals surface area contributed by atoms with Crippen LogP contribution in [0.1, 0.15) is 9.67 Å². The second-order valence-electron chi connectivity index (χ2n) is 4.04. The summed E-state index contributed by atoms with van der Waals surface area (Å²) in [6, 6.07) is 1.38. The highest BCUT2D eigenvalue weighted by Gasteiger charge is 2.30. The Hall–Kier alpha value is -1.44. The molecule has 1 amide bonds. The van der Waals surface area contributed by atoms with Crippen molar-refractivity contribution in [3.8, 4) is 0 Å². The standard InChI is InChI=1S/C10H14F3N3OS/c1-15(2)9(17)8-6(14)4-7(18-8)16(3)5-10(11,12)13/h4H,5,14H2,1-3H3. The number of hydrogen-bond donors (Lipinski definition) is 1. The van der Waals surface area contributed by atoms with Gasteiger partial charge in [0, 0.05) is 21.1 Å². The summed E-state index contributed by atoms with van der Waals surface area (Å²) in [7, 11) is 4.42. The molecule has 0 aliphatic heterocycles. The molecule has 0 aliphatic rings. The minimum Gasteiger partial charge on any atom is -0.397 e. The molecule has 102 valence electrons. The molecule has 8 heteroatoms. The zero-order chi connectivity index (χ0) is 14.1. The van der Waals surface area contributed by atoms with Gasteiger partial charge >= 0.3 is 6.18 Å². The van der Waals surface area contributed by atoms with Crippen LogP contribution in [0, 0.1) is 0 Å². The lowest BCUT2D eigenvalue weighted by Crippen LogP contribution is -2.30. The largest absolute Gasteiger partial charge is 0.405 e.